The number of rotatable bonds is 8. The number of carbonyl (C=O) groups is 1. The van der Waals surface area contributed by atoms with Crippen LogP contribution in [0.1, 0.15) is 43.5 Å². The summed E-state index contributed by atoms with van der Waals surface area (Å²) in [6.45, 7) is 4.01. The Balaban J connectivity index is 2.94. The summed E-state index contributed by atoms with van der Waals surface area (Å²) in [6, 6.07) is 3.18. The molecule has 6 nitrogen and oxygen atoms in total. The Morgan fingerprint density at radius 3 is 2.18 bits per heavy atom. The lowest BCUT2D eigenvalue weighted by Crippen LogP contribution is -2.19. The van der Waals surface area contributed by atoms with Crippen LogP contribution >= 0.6 is 0 Å². The first-order valence-electron chi connectivity index (χ1n) is 7.20. The Hall–Kier alpha value is -2.24. The molecular formula is C16H24N2O4. The van der Waals surface area contributed by atoms with Gasteiger partial charge in [-0.05, 0) is 31.9 Å². The Labute approximate surface area is 131 Å². The number of benzene rings is 1. The Kier molecular flexibility index (Phi) is 7.22. The van der Waals surface area contributed by atoms with Crippen LogP contribution in [0, 0.1) is 0 Å². The molecule has 0 spiro atoms. The van der Waals surface area contributed by atoms with E-state index in [-0.39, 0.29) is 5.91 Å². The van der Waals surface area contributed by atoms with Crippen LogP contribution in [0.5, 0.6) is 17.2 Å². The van der Waals surface area contributed by atoms with Gasteiger partial charge in [-0.15, -0.1) is 0 Å². The maximum Gasteiger partial charge on any atom is 0.271 e. The van der Waals surface area contributed by atoms with Gasteiger partial charge in [-0.25, -0.2) is 5.43 Å². The average Bonchev–Trinajstić information content (AvgIpc) is 2.55. The Bertz CT molecular complexity index is 516. The molecule has 0 aromatic heterocycles. The van der Waals surface area contributed by atoms with E-state index in [4.69, 9.17) is 14.2 Å². The van der Waals surface area contributed by atoms with E-state index < -0.39 is 0 Å². The highest BCUT2D eigenvalue weighted by molar-refractivity contribution is 5.96. The number of nitrogens with one attached hydrogen (secondary N) is 1. The van der Waals surface area contributed by atoms with Crippen molar-refractivity contribution in [3.63, 3.8) is 0 Å². The van der Waals surface area contributed by atoms with Crippen LogP contribution in [-0.4, -0.2) is 32.9 Å². The molecule has 0 saturated heterocycles. The third kappa shape index (κ3) is 4.65. The fraction of sp³-hybridized carbons (Fsp3) is 0.500. The van der Waals surface area contributed by atoms with Gasteiger partial charge < -0.3 is 14.2 Å². The highest BCUT2D eigenvalue weighted by atomic mass is 16.5. The molecule has 22 heavy (non-hydrogen) atoms. The van der Waals surface area contributed by atoms with Crippen LogP contribution in [0.15, 0.2) is 17.2 Å². The molecule has 6 heteroatoms. The first kappa shape index (κ1) is 17.8. The molecule has 0 saturated carbocycles. The van der Waals surface area contributed by atoms with Crippen molar-refractivity contribution < 1.29 is 19.0 Å². The molecule has 0 heterocycles. The maximum absolute atomic E-state index is 12.2. The zero-order chi connectivity index (χ0) is 16.5. The number of carbonyl (C=O) groups excluding carboxylic acids is 1. The Morgan fingerprint density at radius 2 is 1.73 bits per heavy atom. The van der Waals surface area contributed by atoms with Crippen LogP contribution in [0.4, 0.5) is 0 Å². The first-order valence-corrected chi connectivity index (χ1v) is 7.20. The van der Waals surface area contributed by atoms with Gasteiger partial charge in [-0.1, -0.05) is 13.3 Å². The molecule has 1 aromatic rings. The minimum Gasteiger partial charge on any atom is -0.493 e. The number of nitrogens with zero attached hydrogens (tertiary/aromatic N) is 1. The van der Waals surface area contributed by atoms with Crippen molar-refractivity contribution in [2.45, 2.75) is 33.1 Å². The molecule has 1 rings (SSSR count). The summed E-state index contributed by atoms with van der Waals surface area (Å²) >= 11 is 0. The van der Waals surface area contributed by atoms with Gasteiger partial charge >= 0.3 is 0 Å². The third-order valence-electron chi connectivity index (χ3n) is 3.17. The van der Waals surface area contributed by atoms with Gasteiger partial charge in [0, 0.05) is 11.3 Å². The lowest BCUT2D eigenvalue weighted by molar-refractivity contribution is 0.0954. The summed E-state index contributed by atoms with van der Waals surface area (Å²) in [5, 5.41) is 4.10. The lowest BCUT2D eigenvalue weighted by atomic mass is 10.1. The Morgan fingerprint density at radius 1 is 1.14 bits per heavy atom. The largest absolute Gasteiger partial charge is 0.493 e. The summed E-state index contributed by atoms with van der Waals surface area (Å²) in [4.78, 5) is 12.2. The van der Waals surface area contributed by atoms with Crippen molar-refractivity contribution >= 4 is 11.6 Å². The number of hydrogen-bond acceptors (Lipinski definition) is 5. The normalized spacial score (nSPS) is 11.0. The van der Waals surface area contributed by atoms with Crippen molar-refractivity contribution in [3.8, 4) is 17.2 Å². The van der Waals surface area contributed by atoms with Crippen LogP contribution < -0.4 is 19.6 Å². The van der Waals surface area contributed by atoms with Gasteiger partial charge in [0.1, 0.15) is 0 Å². The SMILES string of the molecule is CCCC/C(C)=N\NC(=O)c1cc(OC)c(OC)c(OC)c1. The van der Waals surface area contributed by atoms with Crippen LogP contribution in [-0.2, 0) is 0 Å². The van der Waals surface area contributed by atoms with E-state index in [1.807, 2.05) is 6.92 Å². The molecule has 0 aliphatic rings. The van der Waals surface area contributed by atoms with E-state index in [1.165, 1.54) is 21.3 Å². The molecule has 1 aromatic carbocycles. The fourth-order valence-electron chi connectivity index (χ4n) is 1.91. The van der Waals surface area contributed by atoms with E-state index in [0.29, 0.717) is 22.8 Å². The summed E-state index contributed by atoms with van der Waals surface area (Å²) < 4.78 is 15.7. The molecular weight excluding hydrogens is 284 g/mol. The zero-order valence-electron chi connectivity index (χ0n) is 13.9. The predicted molar refractivity (Wildman–Crippen MR) is 86.2 cm³/mol. The quantitative estimate of drug-likeness (QED) is 0.592. The molecule has 0 radical (unpaired) electrons. The van der Waals surface area contributed by atoms with Crippen LogP contribution in [0.3, 0.4) is 0 Å². The number of methoxy groups -OCH3 is 3. The molecule has 1 N–H and O–H groups in total. The van der Waals surface area contributed by atoms with Gasteiger partial charge in [0.25, 0.3) is 5.91 Å². The summed E-state index contributed by atoms with van der Waals surface area (Å²) in [7, 11) is 4.53. The molecule has 0 aliphatic carbocycles. The minimum atomic E-state index is -0.324. The van der Waals surface area contributed by atoms with Crippen molar-refractivity contribution in [1.29, 1.82) is 0 Å². The van der Waals surface area contributed by atoms with Crippen LogP contribution in [0.2, 0.25) is 0 Å². The van der Waals surface area contributed by atoms with Crippen molar-refractivity contribution in [2.75, 3.05) is 21.3 Å². The molecule has 1 amide bonds. The topological polar surface area (TPSA) is 69.2 Å². The molecule has 0 aliphatic heterocycles. The molecule has 122 valence electrons. The number of unbranched alkanes of at least 4 members (excludes halogenated alkanes) is 1. The smallest absolute Gasteiger partial charge is 0.271 e. The monoisotopic (exact) mass is 308 g/mol. The minimum absolute atomic E-state index is 0.324. The van der Waals surface area contributed by atoms with Crippen molar-refractivity contribution in [1.82, 2.24) is 5.43 Å². The number of ether oxygens (including phenoxy) is 3. The van der Waals surface area contributed by atoms with E-state index in [0.717, 1.165) is 25.0 Å². The van der Waals surface area contributed by atoms with E-state index in [1.54, 1.807) is 12.1 Å². The van der Waals surface area contributed by atoms with Crippen molar-refractivity contribution in [3.05, 3.63) is 17.7 Å². The van der Waals surface area contributed by atoms with Crippen LogP contribution in [0.25, 0.3) is 0 Å². The van der Waals surface area contributed by atoms with Crippen molar-refractivity contribution in [2.24, 2.45) is 5.10 Å². The first-order chi connectivity index (χ1) is 10.6. The second-order valence-electron chi connectivity index (χ2n) is 4.81. The summed E-state index contributed by atoms with van der Waals surface area (Å²) in [5.74, 6) is 0.983. The zero-order valence-corrected chi connectivity index (χ0v) is 13.9. The third-order valence-corrected chi connectivity index (χ3v) is 3.17. The second-order valence-corrected chi connectivity index (χ2v) is 4.81. The molecule has 0 bridgehead atoms. The van der Waals surface area contributed by atoms with E-state index in [9.17, 15) is 4.79 Å². The van der Waals surface area contributed by atoms with Gasteiger partial charge in [-0.3, -0.25) is 4.79 Å². The molecule has 0 fully saturated rings. The summed E-state index contributed by atoms with van der Waals surface area (Å²) in [6.07, 6.45) is 3.01. The van der Waals surface area contributed by atoms with E-state index >= 15 is 0 Å². The highest BCUT2D eigenvalue weighted by Gasteiger charge is 2.16. The molecule has 0 atom stereocenters. The van der Waals surface area contributed by atoms with Gasteiger partial charge in [0.05, 0.1) is 21.3 Å². The fourth-order valence-corrected chi connectivity index (χ4v) is 1.91. The lowest BCUT2D eigenvalue weighted by Gasteiger charge is -2.13. The number of amides is 1. The van der Waals surface area contributed by atoms with E-state index in [2.05, 4.69) is 17.5 Å². The second kappa shape index (κ2) is 8.92. The number of hydrazone groups is 1. The van der Waals surface area contributed by atoms with Gasteiger partial charge in [0.15, 0.2) is 11.5 Å². The maximum atomic E-state index is 12.2. The molecule has 0 unspecified atom stereocenters. The average molecular weight is 308 g/mol. The standard InChI is InChI=1S/C16H24N2O4/c1-6-7-8-11(2)17-18-16(19)12-9-13(20-3)15(22-5)14(10-12)21-4/h9-10H,6-8H2,1-5H3,(H,18,19)/b17-11-. The number of hydrogen-bond donors (Lipinski definition) is 1. The highest BCUT2D eigenvalue weighted by Crippen LogP contribution is 2.38. The van der Waals surface area contributed by atoms with Gasteiger partial charge in [0.2, 0.25) is 5.75 Å². The van der Waals surface area contributed by atoms with Gasteiger partial charge in [-0.2, -0.15) is 5.10 Å². The summed E-state index contributed by atoms with van der Waals surface area (Å²) in [5.41, 5.74) is 3.83. The predicted octanol–water partition coefficient (Wildman–Crippen LogP) is 3.01.